The summed E-state index contributed by atoms with van der Waals surface area (Å²) in [6.45, 7) is 8.85. The van der Waals surface area contributed by atoms with Crippen LogP contribution in [-0.2, 0) is 20.7 Å². The SMILES string of the molecule is COCc1cccc(B2OC(C)(C)C(C)(C)O2)c1. The van der Waals surface area contributed by atoms with E-state index in [-0.39, 0.29) is 18.3 Å². The number of methoxy groups -OCH3 is 1. The Morgan fingerprint density at radius 1 is 1.11 bits per heavy atom. The molecule has 98 valence electrons. The van der Waals surface area contributed by atoms with Gasteiger partial charge in [0.15, 0.2) is 0 Å². The van der Waals surface area contributed by atoms with E-state index in [1.54, 1.807) is 7.11 Å². The van der Waals surface area contributed by atoms with Crippen LogP contribution < -0.4 is 5.46 Å². The predicted octanol–water partition coefficient (Wildman–Crippen LogP) is 2.13. The summed E-state index contributed by atoms with van der Waals surface area (Å²) in [5.74, 6) is 0. The zero-order valence-corrected chi connectivity index (χ0v) is 11.8. The summed E-state index contributed by atoms with van der Waals surface area (Å²) in [5.41, 5.74) is 1.58. The molecular weight excluding hydrogens is 227 g/mol. The van der Waals surface area contributed by atoms with Crippen LogP contribution in [0.2, 0.25) is 0 Å². The van der Waals surface area contributed by atoms with Crippen LogP contribution in [0.5, 0.6) is 0 Å². The Morgan fingerprint density at radius 2 is 1.72 bits per heavy atom. The second kappa shape index (κ2) is 4.69. The maximum Gasteiger partial charge on any atom is 0.494 e. The van der Waals surface area contributed by atoms with Gasteiger partial charge in [0, 0.05) is 7.11 Å². The van der Waals surface area contributed by atoms with E-state index in [1.165, 1.54) is 0 Å². The molecule has 0 N–H and O–H groups in total. The van der Waals surface area contributed by atoms with Crippen molar-refractivity contribution in [3.63, 3.8) is 0 Å². The molecule has 0 radical (unpaired) electrons. The molecule has 0 saturated carbocycles. The first kappa shape index (κ1) is 13.6. The number of ether oxygens (including phenoxy) is 1. The molecular formula is C14H21BO3. The normalized spacial score (nSPS) is 21.3. The van der Waals surface area contributed by atoms with Crippen LogP contribution in [0, 0.1) is 0 Å². The Kier molecular flexibility index (Phi) is 3.54. The van der Waals surface area contributed by atoms with Gasteiger partial charge in [-0.05, 0) is 38.7 Å². The van der Waals surface area contributed by atoms with Crippen molar-refractivity contribution < 1.29 is 14.0 Å². The van der Waals surface area contributed by atoms with Gasteiger partial charge in [0.05, 0.1) is 17.8 Å². The molecule has 3 nitrogen and oxygen atoms in total. The van der Waals surface area contributed by atoms with E-state index in [0.29, 0.717) is 6.61 Å². The van der Waals surface area contributed by atoms with Gasteiger partial charge < -0.3 is 14.0 Å². The molecule has 1 aromatic rings. The third-order valence-electron chi connectivity index (χ3n) is 3.79. The van der Waals surface area contributed by atoms with E-state index >= 15 is 0 Å². The van der Waals surface area contributed by atoms with Gasteiger partial charge in [-0.15, -0.1) is 0 Å². The molecule has 0 spiro atoms. The molecule has 0 bridgehead atoms. The van der Waals surface area contributed by atoms with Crippen LogP contribution in [0.25, 0.3) is 0 Å². The number of rotatable bonds is 3. The maximum absolute atomic E-state index is 6.02. The maximum atomic E-state index is 6.02. The third-order valence-corrected chi connectivity index (χ3v) is 3.79. The van der Waals surface area contributed by atoms with Crippen LogP contribution in [0.1, 0.15) is 33.3 Å². The molecule has 1 fully saturated rings. The first-order valence-corrected chi connectivity index (χ1v) is 6.29. The van der Waals surface area contributed by atoms with Crippen molar-refractivity contribution in [1.29, 1.82) is 0 Å². The average Bonchev–Trinajstić information content (AvgIpc) is 2.49. The molecule has 18 heavy (non-hydrogen) atoms. The summed E-state index contributed by atoms with van der Waals surface area (Å²) in [6, 6.07) is 8.15. The monoisotopic (exact) mass is 248 g/mol. The lowest BCUT2D eigenvalue weighted by atomic mass is 9.78. The lowest BCUT2D eigenvalue weighted by molar-refractivity contribution is 0.00578. The quantitative estimate of drug-likeness (QED) is 0.767. The first-order valence-electron chi connectivity index (χ1n) is 6.29. The van der Waals surface area contributed by atoms with E-state index in [2.05, 4.69) is 33.8 Å². The van der Waals surface area contributed by atoms with E-state index in [4.69, 9.17) is 14.0 Å². The Labute approximate surface area is 110 Å². The topological polar surface area (TPSA) is 27.7 Å². The van der Waals surface area contributed by atoms with Gasteiger partial charge in [0.25, 0.3) is 0 Å². The highest BCUT2D eigenvalue weighted by Crippen LogP contribution is 2.36. The third kappa shape index (κ3) is 2.46. The fourth-order valence-electron chi connectivity index (χ4n) is 1.98. The Morgan fingerprint density at radius 3 is 2.28 bits per heavy atom. The Balaban J connectivity index is 2.21. The Hall–Kier alpha value is -0.835. The van der Waals surface area contributed by atoms with Crippen molar-refractivity contribution in [2.75, 3.05) is 7.11 Å². The largest absolute Gasteiger partial charge is 0.494 e. The summed E-state index contributed by atoms with van der Waals surface area (Å²) >= 11 is 0. The summed E-state index contributed by atoms with van der Waals surface area (Å²) in [5, 5.41) is 0. The minimum atomic E-state index is -0.299. The molecule has 0 aromatic heterocycles. The number of hydrogen-bond acceptors (Lipinski definition) is 3. The zero-order chi connectivity index (χ0) is 13.4. The summed E-state index contributed by atoms with van der Waals surface area (Å²) in [6.07, 6.45) is 0. The highest BCUT2D eigenvalue weighted by molar-refractivity contribution is 6.62. The van der Waals surface area contributed by atoms with Gasteiger partial charge in [0.2, 0.25) is 0 Å². The van der Waals surface area contributed by atoms with Crippen LogP contribution >= 0.6 is 0 Å². The fourth-order valence-corrected chi connectivity index (χ4v) is 1.98. The van der Waals surface area contributed by atoms with Crippen molar-refractivity contribution in [1.82, 2.24) is 0 Å². The van der Waals surface area contributed by atoms with Gasteiger partial charge in [-0.1, -0.05) is 24.3 Å². The molecule has 0 unspecified atom stereocenters. The van der Waals surface area contributed by atoms with Gasteiger partial charge in [-0.3, -0.25) is 0 Å². The van der Waals surface area contributed by atoms with Gasteiger partial charge in [0.1, 0.15) is 0 Å². The number of benzene rings is 1. The zero-order valence-electron chi connectivity index (χ0n) is 11.8. The second-order valence-corrected chi connectivity index (χ2v) is 5.77. The molecule has 0 aliphatic carbocycles. The molecule has 0 atom stereocenters. The molecule has 1 aliphatic heterocycles. The van der Waals surface area contributed by atoms with Crippen molar-refractivity contribution in [2.45, 2.75) is 45.5 Å². The van der Waals surface area contributed by atoms with Gasteiger partial charge in [-0.25, -0.2) is 0 Å². The van der Waals surface area contributed by atoms with Crippen LogP contribution in [0.4, 0.5) is 0 Å². The van der Waals surface area contributed by atoms with Crippen molar-refractivity contribution in [3.05, 3.63) is 29.8 Å². The fraction of sp³-hybridized carbons (Fsp3) is 0.571. The smallest absolute Gasteiger partial charge is 0.399 e. The van der Waals surface area contributed by atoms with Crippen molar-refractivity contribution in [2.24, 2.45) is 0 Å². The molecule has 2 rings (SSSR count). The van der Waals surface area contributed by atoms with Crippen molar-refractivity contribution >= 4 is 12.6 Å². The van der Waals surface area contributed by atoms with Crippen LogP contribution in [-0.4, -0.2) is 25.4 Å². The molecule has 1 aromatic carbocycles. The van der Waals surface area contributed by atoms with Crippen LogP contribution in [0.3, 0.4) is 0 Å². The lowest BCUT2D eigenvalue weighted by Crippen LogP contribution is -2.41. The minimum Gasteiger partial charge on any atom is -0.399 e. The predicted molar refractivity (Wildman–Crippen MR) is 72.9 cm³/mol. The van der Waals surface area contributed by atoms with Gasteiger partial charge in [-0.2, -0.15) is 0 Å². The van der Waals surface area contributed by atoms with E-state index < -0.39 is 0 Å². The highest BCUT2D eigenvalue weighted by atomic mass is 16.7. The summed E-state index contributed by atoms with van der Waals surface area (Å²) < 4.78 is 17.2. The number of hydrogen-bond donors (Lipinski definition) is 0. The molecule has 4 heteroatoms. The molecule has 1 aliphatic rings. The highest BCUT2D eigenvalue weighted by Gasteiger charge is 2.51. The average molecular weight is 248 g/mol. The lowest BCUT2D eigenvalue weighted by Gasteiger charge is -2.32. The minimum absolute atomic E-state index is 0.297. The standard InChI is InChI=1S/C14H21BO3/c1-13(2)14(3,4)18-15(17-13)12-8-6-7-11(9-12)10-16-5/h6-9H,10H2,1-5H3. The summed E-state index contributed by atoms with van der Waals surface area (Å²) in [7, 11) is 1.40. The first-order chi connectivity index (χ1) is 8.36. The summed E-state index contributed by atoms with van der Waals surface area (Å²) in [4.78, 5) is 0. The Bertz CT molecular complexity index is 413. The molecule has 1 saturated heterocycles. The van der Waals surface area contributed by atoms with E-state index in [0.717, 1.165) is 11.0 Å². The second-order valence-electron chi connectivity index (χ2n) is 5.77. The molecule has 1 heterocycles. The van der Waals surface area contributed by atoms with Gasteiger partial charge >= 0.3 is 7.12 Å². The van der Waals surface area contributed by atoms with Crippen molar-refractivity contribution in [3.8, 4) is 0 Å². The van der Waals surface area contributed by atoms with Crippen LogP contribution in [0.15, 0.2) is 24.3 Å². The van der Waals surface area contributed by atoms with E-state index in [1.807, 2.05) is 18.2 Å². The molecule has 0 amide bonds. The van der Waals surface area contributed by atoms with E-state index in [9.17, 15) is 0 Å².